The van der Waals surface area contributed by atoms with Gasteiger partial charge in [-0.3, -0.25) is 9.59 Å². The molecule has 1 saturated heterocycles. The third kappa shape index (κ3) is 4.07. The number of piperazine rings is 1. The summed E-state index contributed by atoms with van der Waals surface area (Å²) in [4.78, 5) is 26.7. The zero-order valence-corrected chi connectivity index (χ0v) is 12.5. The first-order chi connectivity index (χ1) is 9.97. The molecule has 1 N–H and O–H groups in total. The second-order valence-corrected chi connectivity index (χ2v) is 5.28. The number of amides is 2. The van der Waals surface area contributed by atoms with Crippen LogP contribution < -0.4 is 5.32 Å². The van der Waals surface area contributed by atoms with E-state index in [0.29, 0.717) is 31.9 Å². The maximum Gasteiger partial charge on any atom is 0.241 e. The van der Waals surface area contributed by atoms with Gasteiger partial charge < -0.3 is 15.1 Å². The Hall–Kier alpha value is -1.82. The molecular formula is C14H17ClFN3O2. The summed E-state index contributed by atoms with van der Waals surface area (Å²) < 4.78 is 13.3. The van der Waals surface area contributed by atoms with Crippen LogP contribution in [0.25, 0.3) is 0 Å². The number of hydrogen-bond donors (Lipinski definition) is 1. The van der Waals surface area contributed by atoms with Crippen molar-refractivity contribution in [2.24, 2.45) is 0 Å². The first kappa shape index (κ1) is 15.6. The van der Waals surface area contributed by atoms with Crippen LogP contribution in [0.1, 0.15) is 6.92 Å². The molecule has 21 heavy (non-hydrogen) atoms. The monoisotopic (exact) mass is 313 g/mol. The first-order valence-corrected chi connectivity index (χ1v) is 7.07. The summed E-state index contributed by atoms with van der Waals surface area (Å²) in [5.74, 6) is -0.574. The minimum absolute atomic E-state index is 0.0249. The van der Waals surface area contributed by atoms with Crippen LogP contribution in [-0.2, 0) is 9.59 Å². The van der Waals surface area contributed by atoms with Crippen LogP contribution >= 0.6 is 11.6 Å². The number of halogens is 2. The van der Waals surface area contributed by atoms with Crippen LogP contribution in [0, 0.1) is 5.82 Å². The molecule has 1 aromatic carbocycles. The molecule has 0 saturated carbocycles. The van der Waals surface area contributed by atoms with Crippen LogP contribution in [0.2, 0.25) is 5.02 Å². The molecule has 114 valence electrons. The van der Waals surface area contributed by atoms with Gasteiger partial charge in [-0.15, -0.1) is 0 Å². The number of nitrogens with zero attached hydrogens (tertiary/aromatic N) is 2. The van der Waals surface area contributed by atoms with Gasteiger partial charge in [-0.05, 0) is 18.2 Å². The number of carbonyl (C=O) groups excluding carboxylic acids is 2. The predicted octanol–water partition coefficient (Wildman–Crippen LogP) is 1.58. The van der Waals surface area contributed by atoms with E-state index in [-0.39, 0.29) is 23.4 Å². The zero-order chi connectivity index (χ0) is 15.4. The quantitative estimate of drug-likeness (QED) is 0.922. The highest BCUT2D eigenvalue weighted by atomic mass is 35.5. The Morgan fingerprint density at radius 2 is 1.86 bits per heavy atom. The van der Waals surface area contributed by atoms with Gasteiger partial charge in [-0.25, -0.2) is 4.39 Å². The average Bonchev–Trinajstić information content (AvgIpc) is 2.48. The average molecular weight is 314 g/mol. The fraction of sp³-hybridized carbons (Fsp3) is 0.429. The highest BCUT2D eigenvalue weighted by Gasteiger charge is 2.21. The van der Waals surface area contributed by atoms with E-state index in [4.69, 9.17) is 11.6 Å². The van der Waals surface area contributed by atoms with Crippen LogP contribution in [0.5, 0.6) is 0 Å². The Kier molecular flexibility index (Phi) is 5.01. The van der Waals surface area contributed by atoms with Crippen molar-refractivity contribution in [2.75, 3.05) is 38.0 Å². The minimum Gasteiger partial charge on any atom is -0.376 e. The molecule has 0 aromatic heterocycles. The molecule has 0 spiro atoms. The number of benzene rings is 1. The van der Waals surface area contributed by atoms with Crippen molar-refractivity contribution >= 4 is 29.1 Å². The van der Waals surface area contributed by atoms with Crippen molar-refractivity contribution in [3.05, 3.63) is 29.0 Å². The summed E-state index contributed by atoms with van der Waals surface area (Å²) in [7, 11) is 0. The lowest BCUT2D eigenvalue weighted by molar-refractivity contribution is -0.137. The number of rotatable bonds is 3. The molecule has 0 radical (unpaired) electrons. The van der Waals surface area contributed by atoms with Crippen LogP contribution in [0.15, 0.2) is 18.2 Å². The second kappa shape index (κ2) is 6.76. The lowest BCUT2D eigenvalue weighted by atomic mass is 10.3. The molecule has 0 unspecified atom stereocenters. The molecule has 5 nitrogen and oxygen atoms in total. The Labute approximate surface area is 127 Å². The topological polar surface area (TPSA) is 52.7 Å². The molecule has 1 aromatic rings. The van der Waals surface area contributed by atoms with Crippen molar-refractivity contribution in [3.8, 4) is 0 Å². The lowest BCUT2D eigenvalue weighted by Gasteiger charge is -2.34. The summed E-state index contributed by atoms with van der Waals surface area (Å²) in [6.07, 6.45) is 0. The minimum atomic E-state index is -0.524. The number of carbonyl (C=O) groups is 2. The number of nitrogens with one attached hydrogen (secondary N) is 1. The number of anilines is 1. The third-order valence-electron chi connectivity index (χ3n) is 3.44. The van der Waals surface area contributed by atoms with E-state index in [1.807, 2.05) is 0 Å². The SMILES string of the molecule is CC(=O)N1CCN(C(=O)CNc2ccc(Cl)c(F)c2)CC1. The first-order valence-electron chi connectivity index (χ1n) is 6.69. The molecule has 0 aliphatic carbocycles. The van der Waals surface area contributed by atoms with E-state index in [9.17, 15) is 14.0 Å². The molecule has 1 aliphatic rings. The molecule has 2 rings (SSSR count). The van der Waals surface area contributed by atoms with Gasteiger partial charge in [0.2, 0.25) is 11.8 Å². The Balaban J connectivity index is 1.82. The van der Waals surface area contributed by atoms with E-state index < -0.39 is 5.82 Å². The Morgan fingerprint density at radius 1 is 1.24 bits per heavy atom. The van der Waals surface area contributed by atoms with E-state index in [1.54, 1.807) is 15.9 Å². The van der Waals surface area contributed by atoms with Gasteiger partial charge in [0.05, 0.1) is 11.6 Å². The maximum atomic E-state index is 13.3. The van der Waals surface area contributed by atoms with Crippen molar-refractivity contribution < 1.29 is 14.0 Å². The van der Waals surface area contributed by atoms with Gasteiger partial charge in [-0.2, -0.15) is 0 Å². The summed E-state index contributed by atoms with van der Waals surface area (Å²) in [5, 5.41) is 2.92. The summed E-state index contributed by atoms with van der Waals surface area (Å²) >= 11 is 5.59. The fourth-order valence-electron chi connectivity index (χ4n) is 2.17. The highest BCUT2D eigenvalue weighted by Crippen LogP contribution is 2.18. The van der Waals surface area contributed by atoms with Gasteiger partial charge in [0.25, 0.3) is 0 Å². The van der Waals surface area contributed by atoms with Crippen molar-refractivity contribution in [1.29, 1.82) is 0 Å². The molecule has 2 amide bonds. The Morgan fingerprint density at radius 3 is 2.43 bits per heavy atom. The number of hydrogen-bond acceptors (Lipinski definition) is 3. The van der Waals surface area contributed by atoms with Crippen molar-refractivity contribution in [1.82, 2.24) is 9.80 Å². The summed E-state index contributed by atoms with van der Waals surface area (Å²) in [5.41, 5.74) is 0.507. The maximum absolute atomic E-state index is 13.3. The van der Waals surface area contributed by atoms with Gasteiger partial charge in [0, 0.05) is 38.8 Å². The van der Waals surface area contributed by atoms with Crippen molar-refractivity contribution in [2.45, 2.75) is 6.92 Å². The highest BCUT2D eigenvalue weighted by molar-refractivity contribution is 6.30. The standard InChI is InChI=1S/C14H17ClFN3O2/c1-10(20)18-4-6-19(7-5-18)14(21)9-17-11-2-3-12(15)13(16)8-11/h2-3,8,17H,4-7,9H2,1H3. The zero-order valence-electron chi connectivity index (χ0n) is 11.7. The Bertz CT molecular complexity index is 545. The van der Waals surface area contributed by atoms with E-state index in [1.165, 1.54) is 19.1 Å². The normalized spacial score (nSPS) is 15.0. The molecule has 1 heterocycles. The molecular weight excluding hydrogens is 297 g/mol. The lowest BCUT2D eigenvalue weighted by Crippen LogP contribution is -2.51. The fourth-order valence-corrected chi connectivity index (χ4v) is 2.28. The van der Waals surface area contributed by atoms with E-state index >= 15 is 0 Å². The van der Waals surface area contributed by atoms with E-state index in [0.717, 1.165) is 0 Å². The third-order valence-corrected chi connectivity index (χ3v) is 3.75. The molecule has 7 heteroatoms. The predicted molar refractivity (Wildman–Crippen MR) is 78.7 cm³/mol. The molecule has 0 atom stereocenters. The summed E-state index contributed by atoms with van der Waals surface area (Å²) in [6.45, 7) is 3.76. The van der Waals surface area contributed by atoms with Crippen molar-refractivity contribution in [3.63, 3.8) is 0 Å². The van der Waals surface area contributed by atoms with Crippen LogP contribution in [0.3, 0.4) is 0 Å². The van der Waals surface area contributed by atoms with Crippen LogP contribution in [0.4, 0.5) is 10.1 Å². The van der Waals surface area contributed by atoms with Gasteiger partial charge in [0.15, 0.2) is 0 Å². The second-order valence-electron chi connectivity index (χ2n) is 4.87. The van der Waals surface area contributed by atoms with E-state index in [2.05, 4.69) is 5.32 Å². The smallest absolute Gasteiger partial charge is 0.241 e. The van der Waals surface area contributed by atoms with Gasteiger partial charge >= 0.3 is 0 Å². The molecule has 0 bridgehead atoms. The molecule has 1 fully saturated rings. The van der Waals surface area contributed by atoms with Gasteiger partial charge in [0.1, 0.15) is 5.82 Å². The summed E-state index contributed by atoms with van der Waals surface area (Å²) in [6, 6.07) is 4.31. The van der Waals surface area contributed by atoms with Gasteiger partial charge in [-0.1, -0.05) is 11.6 Å². The largest absolute Gasteiger partial charge is 0.376 e. The molecule has 1 aliphatic heterocycles. The van der Waals surface area contributed by atoms with Crippen LogP contribution in [-0.4, -0.2) is 54.3 Å².